The minimum absolute atomic E-state index is 0.205. The maximum absolute atomic E-state index is 13.8. The molecule has 19 heavy (non-hydrogen) atoms. The number of benzene rings is 1. The van der Waals surface area contributed by atoms with Gasteiger partial charge in [0.05, 0.1) is 12.3 Å². The minimum Gasteiger partial charge on any atom is -0.395 e. The molecule has 108 valence electrons. The van der Waals surface area contributed by atoms with Crippen LogP contribution in [-0.4, -0.2) is 31.0 Å². The number of hydrogen-bond acceptors (Lipinski definition) is 3. The Kier molecular flexibility index (Phi) is 5.13. The van der Waals surface area contributed by atoms with E-state index in [1.165, 1.54) is 12.1 Å². The van der Waals surface area contributed by atoms with Crippen LogP contribution in [0.2, 0.25) is 0 Å². The van der Waals surface area contributed by atoms with Crippen molar-refractivity contribution in [1.82, 2.24) is 0 Å². The van der Waals surface area contributed by atoms with Crippen LogP contribution in [0.4, 0.5) is 23.2 Å². The van der Waals surface area contributed by atoms with E-state index in [9.17, 15) is 17.6 Å². The topological polar surface area (TPSA) is 49.5 Å². The molecule has 0 bridgehead atoms. The van der Waals surface area contributed by atoms with Gasteiger partial charge in [0, 0.05) is 12.6 Å². The number of aliphatic hydroxyl groups is 1. The molecule has 1 aromatic carbocycles. The van der Waals surface area contributed by atoms with Crippen molar-refractivity contribution in [3.8, 4) is 0 Å². The molecule has 3 N–H and O–H groups in total. The number of anilines is 1. The Bertz CT molecular complexity index is 421. The Morgan fingerprint density at radius 1 is 1.37 bits per heavy atom. The second-order valence-electron chi connectivity index (χ2n) is 4.23. The standard InChI is InChI=1S/C12H16F4N2O/c1-8(17)9-3-2-4-10(13)11(9)18(5-6-19)7-12(14,15)16/h2-4,8,19H,5-7,17H2,1H3/t8-/m1/s1. The van der Waals surface area contributed by atoms with E-state index in [0.29, 0.717) is 0 Å². The number of alkyl halides is 3. The lowest BCUT2D eigenvalue weighted by Gasteiger charge is -2.28. The zero-order valence-electron chi connectivity index (χ0n) is 10.4. The fourth-order valence-corrected chi connectivity index (χ4v) is 1.84. The van der Waals surface area contributed by atoms with E-state index in [0.717, 1.165) is 11.0 Å². The molecule has 0 saturated heterocycles. The molecule has 0 aliphatic rings. The summed E-state index contributed by atoms with van der Waals surface area (Å²) < 4.78 is 51.3. The van der Waals surface area contributed by atoms with E-state index >= 15 is 0 Å². The summed E-state index contributed by atoms with van der Waals surface area (Å²) in [6.07, 6.45) is -4.49. The van der Waals surface area contributed by atoms with Gasteiger partial charge in [-0.3, -0.25) is 0 Å². The first-order chi connectivity index (χ1) is 8.76. The van der Waals surface area contributed by atoms with Crippen LogP contribution in [0.1, 0.15) is 18.5 Å². The van der Waals surface area contributed by atoms with E-state index < -0.39 is 31.2 Å². The lowest BCUT2D eigenvalue weighted by atomic mass is 10.1. The van der Waals surface area contributed by atoms with E-state index in [-0.39, 0.29) is 17.8 Å². The smallest absolute Gasteiger partial charge is 0.395 e. The van der Waals surface area contributed by atoms with Gasteiger partial charge < -0.3 is 15.7 Å². The lowest BCUT2D eigenvalue weighted by molar-refractivity contribution is -0.119. The number of para-hydroxylation sites is 1. The van der Waals surface area contributed by atoms with Crippen molar-refractivity contribution in [1.29, 1.82) is 0 Å². The highest BCUT2D eigenvalue weighted by Crippen LogP contribution is 2.30. The number of hydrogen-bond donors (Lipinski definition) is 2. The summed E-state index contributed by atoms with van der Waals surface area (Å²) in [5.74, 6) is -0.785. The van der Waals surface area contributed by atoms with Crippen molar-refractivity contribution in [2.45, 2.75) is 19.1 Å². The predicted molar refractivity (Wildman–Crippen MR) is 64.4 cm³/mol. The maximum Gasteiger partial charge on any atom is 0.405 e. The first kappa shape index (κ1) is 15.7. The van der Waals surface area contributed by atoms with Crippen LogP contribution in [0.25, 0.3) is 0 Å². The molecule has 0 fully saturated rings. The summed E-state index contributed by atoms with van der Waals surface area (Å²) in [6.45, 7) is -0.611. The Balaban J connectivity index is 3.21. The molecule has 1 aromatic rings. The molecule has 3 nitrogen and oxygen atoms in total. The van der Waals surface area contributed by atoms with E-state index in [4.69, 9.17) is 10.8 Å². The fraction of sp³-hybridized carbons (Fsp3) is 0.500. The quantitative estimate of drug-likeness (QED) is 0.813. The molecule has 0 saturated carbocycles. The largest absolute Gasteiger partial charge is 0.405 e. The van der Waals surface area contributed by atoms with Crippen LogP contribution in [0, 0.1) is 5.82 Å². The molecule has 1 atom stereocenters. The normalized spacial score (nSPS) is 13.4. The fourth-order valence-electron chi connectivity index (χ4n) is 1.84. The van der Waals surface area contributed by atoms with Crippen LogP contribution in [0.15, 0.2) is 18.2 Å². The summed E-state index contributed by atoms with van der Waals surface area (Å²) in [4.78, 5) is 0.758. The van der Waals surface area contributed by atoms with Gasteiger partial charge in [0.25, 0.3) is 0 Å². The molecule has 0 spiro atoms. The van der Waals surface area contributed by atoms with Crippen LogP contribution in [-0.2, 0) is 0 Å². The van der Waals surface area contributed by atoms with Crippen molar-refractivity contribution in [3.63, 3.8) is 0 Å². The number of nitrogens with two attached hydrogens (primary N) is 1. The molecule has 0 amide bonds. The van der Waals surface area contributed by atoms with E-state index in [1.54, 1.807) is 6.92 Å². The zero-order chi connectivity index (χ0) is 14.6. The van der Waals surface area contributed by atoms with Crippen molar-refractivity contribution < 1.29 is 22.7 Å². The Labute approximate surface area is 108 Å². The molecule has 0 radical (unpaired) electrons. The Hall–Kier alpha value is -1.34. The van der Waals surface area contributed by atoms with Gasteiger partial charge in [0.1, 0.15) is 12.4 Å². The highest BCUT2D eigenvalue weighted by molar-refractivity contribution is 5.56. The molecule has 0 heterocycles. The van der Waals surface area contributed by atoms with Gasteiger partial charge in [-0.15, -0.1) is 0 Å². The highest BCUT2D eigenvalue weighted by atomic mass is 19.4. The third kappa shape index (κ3) is 4.36. The molecule has 0 aromatic heterocycles. The van der Waals surface area contributed by atoms with Crippen LogP contribution < -0.4 is 10.6 Å². The summed E-state index contributed by atoms with van der Waals surface area (Å²) >= 11 is 0. The van der Waals surface area contributed by atoms with Gasteiger partial charge in [-0.1, -0.05) is 12.1 Å². The van der Waals surface area contributed by atoms with E-state index in [1.807, 2.05) is 0 Å². The summed E-state index contributed by atoms with van der Waals surface area (Å²) in [5.41, 5.74) is 5.71. The second kappa shape index (κ2) is 6.21. The zero-order valence-corrected chi connectivity index (χ0v) is 10.4. The number of nitrogens with zero attached hydrogens (tertiary/aromatic N) is 1. The van der Waals surface area contributed by atoms with Gasteiger partial charge in [0.2, 0.25) is 0 Å². The number of aliphatic hydroxyl groups excluding tert-OH is 1. The Morgan fingerprint density at radius 2 is 2.00 bits per heavy atom. The summed E-state index contributed by atoms with van der Waals surface area (Å²) in [7, 11) is 0. The van der Waals surface area contributed by atoms with Crippen LogP contribution >= 0.6 is 0 Å². The van der Waals surface area contributed by atoms with Crippen molar-refractivity contribution in [2.75, 3.05) is 24.6 Å². The molecule has 0 aliphatic carbocycles. The average Bonchev–Trinajstić information content (AvgIpc) is 2.26. The van der Waals surface area contributed by atoms with Gasteiger partial charge in [-0.25, -0.2) is 4.39 Å². The molecule has 7 heteroatoms. The summed E-state index contributed by atoms with van der Waals surface area (Å²) in [6, 6.07) is 3.33. The van der Waals surface area contributed by atoms with E-state index in [2.05, 4.69) is 0 Å². The number of halogens is 4. The maximum atomic E-state index is 13.8. The van der Waals surface area contributed by atoms with Crippen LogP contribution in [0.3, 0.4) is 0 Å². The third-order valence-corrected chi connectivity index (χ3v) is 2.56. The first-order valence-electron chi connectivity index (χ1n) is 5.73. The van der Waals surface area contributed by atoms with Crippen molar-refractivity contribution in [2.24, 2.45) is 5.73 Å². The van der Waals surface area contributed by atoms with Gasteiger partial charge in [-0.05, 0) is 18.6 Å². The molecule has 1 rings (SSSR count). The van der Waals surface area contributed by atoms with Crippen molar-refractivity contribution in [3.05, 3.63) is 29.6 Å². The number of rotatable bonds is 5. The minimum atomic E-state index is -4.49. The average molecular weight is 280 g/mol. The molecule has 0 aliphatic heterocycles. The lowest BCUT2D eigenvalue weighted by Crippen LogP contribution is -2.37. The molecular formula is C12H16F4N2O. The van der Waals surface area contributed by atoms with Gasteiger partial charge in [-0.2, -0.15) is 13.2 Å². The Morgan fingerprint density at radius 3 is 2.47 bits per heavy atom. The van der Waals surface area contributed by atoms with Crippen LogP contribution in [0.5, 0.6) is 0 Å². The highest BCUT2D eigenvalue weighted by Gasteiger charge is 2.32. The van der Waals surface area contributed by atoms with Crippen molar-refractivity contribution >= 4 is 5.69 Å². The van der Waals surface area contributed by atoms with Gasteiger partial charge >= 0.3 is 6.18 Å². The second-order valence-corrected chi connectivity index (χ2v) is 4.23. The third-order valence-electron chi connectivity index (χ3n) is 2.56. The summed E-state index contributed by atoms with van der Waals surface area (Å²) in [5, 5.41) is 8.85. The first-order valence-corrected chi connectivity index (χ1v) is 5.73. The molecular weight excluding hydrogens is 264 g/mol. The monoisotopic (exact) mass is 280 g/mol. The SMILES string of the molecule is C[C@@H](N)c1cccc(F)c1N(CCO)CC(F)(F)F. The molecule has 0 unspecified atom stereocenters. The van der Waals surface area contributed by atoms with Gasteiger partial charge in [0.15, 0.2) is 0 Å². The predicted octanol–water partition coefficient (Wildman–Crippen LogP) is 2.21.